The molecule has 1 N–H and O–H groups in total. The maximum atomic E-state index is 12.3. The van der Waals surface area contributed by atoms with Gasteiger partial charge in [0, 0.05) is 6.20 Å². The predicted molar refractivity (Wildman–Crippen MR) is 101 cm³/mol. The first-order chi connectivity index (χ1) is 11.9. The molecule has 7 heteroatoms. The summed E-state index contributed by atoms with van der Waals surface area (Å²) in [5.41, 5.74) is 4.96. The number of benzene rings is 1. The summed E-state index contributed by atoms with van der Waals surface area (Å²) < 4.78 is 4.36. The fraction of sp³-hybridized carbons (Fsp3) is 0.278. The molecule has 0 spiro atoms. The lowest BCUT2D eigenvalue weighted by molar-refractivity contribution is -0.116. The van der Waals surface area contributed by atoms with Gasteiger partial charge in [0.1, 0.15) is 6.54 Å². The molecule has 0 aliphatic heterocycles. The summed E-state index contributed by atoms with van der Waals surface area (Å²) in [5, 5.41) is 11.6. The van der Waals surface area contributed by atoms with E-state index in [1.54, 1.807) is 17.1 Å². The summed E-state index contributed by atoms with van der Waals surface area (Å²) in [7, 11) is 0. The lowest BCUT2D eigenvalue weighted by Gasteiger charge is -2.09. The minimum atomic E-state index is -0.128. The van der Waals surface area contributed by atoms with Gasteiger partial charge >= 0.3 is 0 Å². The summed E-state index contributed by atoms with van der Waals surface area (Å²) in [6.07, 6.45) is 3.42. The van der Waals surface area contributed by atoms with Crippen LogP contribution in [0.4, 0.5) is 5.69 Å². The van der Waals surface area contributed by atoms with Crippen LogP contribution in [0.2, 0.25) is 0 Å². The Balaban J connectivity index is 1.75. The van der Waals surface area contributed by atoms with Gasteiger partial charge in [0.25, 0.3) is 0 Å². The van der Waals surface area contributed by atoms with Crippen LogP contribution in [0.3, 0.4) is 0 Å². The molecule has 0 aliphatic rings. The van der Waals surface area contributed by atoms with Crippen molar-refractivity contribution in [2.45, 2.75) is 33.9 Å². The second-order valence-electron chi connectivity index (χ2n) is 6.03. The number of rotatable bonds is 5. The lowest BCUT2D eigenvalue weighted by atomic mass is 10.1. The van der Waals surface area contributed by atoms with Crippen molar-refractivity contribution in [3.05, 3.63) is 63.6 Å². The summed E-state index contributed by atoms with van der Waals surface area (Å²) in [5.74, 6) is -0.128. The van der Waals surface area contributed by atoms with Gasteiger partial charge in [-0.25, -0.2) is 0 Å². The number of carbonyl (C=O) groups is 1. The van der Waals surface area contributed by atoms with Gasteiger partial charge in [-0.3, -0.25) is 14.2 Å². The highest BCUT2D eigenvalue weighted by atomic mass is 79.9. The van der Waals surface area contributed by atoms with Gasteiger partial charge in [-0.15, -0.1) is 0 Å². The van der Waals surface area contributed by atoms with Gasteiger partial charge < -0.3 is 5.32 Å². The molecular weight excluding hydrogens is 382 g/mol. The second kappa shape index (κ2) is 7.23. The number of anilines is 1. The van der Waals surface area contributed by atoms with Crippen LogP contribution in [0.25, 0.3) is 0 Å². The molecule has 0 aliphatic carbocycles. The Morgan fingerprint density at radius 2 is 2.00 bits per heavy atom. The molecule has 2 heterocycles. The fourth-order valence-corrected chi connectivity index (χ4v) is 3.06. The SMILES string of the molecule is Cc1ccccc1Cn1nc(C)c(NC(=O)Cn2cc(Br)cn2)c1C. The van der Waals surface area contributed by atoms with Crippen LogP contribution >= 0.6 is 15.9 Å². The molecular formula is C18H20BrN5O. The molecule has 3 rings (SSSR count). The van der Waals surface area contributed by atoms with Crippen molar-refractivity contribution in [1.29, 1.82) is 0 Å². The van der Waals surface area contributed by atoms with Gasteiger partial charge in [0.05, 0.1) is 34.3 Å². The molecule has 0 saturated heterocycles. The quantitative estimate of drug-likeness (QED) is 0.711. The van der Waals surface area contributed by atoms with Crippen LogP contribution < -0.4 is 5.32 Å². The standard InChI is InChI=1S/C18H20BrN5O/c1-12-6-4-5-7-15(12)9-24-14(3)18(13(2)22-24)21-17(25)11-23-10-16(19)8-20-23/h4-8,10H,9,11H2,1-3H3,(H,21,25). The third-order valence-corrected chi connectivity index (χ3v) is 4.54. The average molecular weight is 402 g/mol. The van der Waals surface area contributed by atoms with Crippen molar-refractivity contribution < 1.29 is 4.79 Å². The van der Waals surface area contributed by atoms with Gasteiger partial charge in [0.15, 0.2) is 0 Å². The van der Waals surface area contributed by atoms with Crippen LogP contribution in [-0.4, -0.2) is 25.5 Å². The second-order valence-corrected chi connectivity index (χ2v) is 6.95. The van der Waals surface area contributed by atoms with Crippen LogP contribution in [0.5, 0.6) is 0 Å². The average Bonchev–Trinajstić information content (AvgIpc) is 3.08. The molecule has 130 valence electrons. The minimum absolute atomic E-state index is 0.128. The Hall–Kier alpha value is -2.41. The number of carbonyl (C=O) groups excluding carboxylic acids is 1. The highest BCUT2D eigenvalue weighted by molar-refractivity contribution is 9.10. The topological polar surface area (TPSA) is 64.7 Å². The first-order valence-electron chi connectivity index (χ1n) is 8.00. The number of nitrogens with zero attached hydrogens (tertiary/aromatic N) is 4. The minimum Gasteiger partial charge on any atom is -0.321 e. The molecule has 3 aromatic rings. The summed E-state index contributed by atoms with van der Waals surface area (Å²) in [6.45, 7) is 6.81. The molecule has 0 bridgehead atoms. The number of amides is 1. The molecule has 6 nitrogen and oxygen atoms in total. The smallest absolute Gasteiger partial charge is 0.246 e. The fourth-order valence-electron chi connectivity index (χ4n) is 2.73. The van der Waals surface area contributed by atoms with E-state index in [2.05, 4.69) is 50.5 Å². The van der Waals surface area contributed by atoms with E-state index in [9.17, 15) is 4.79 Å². The maximum Gasteiger partial charge on any atom is 0.246 e. The van der Waals surface area contributed by atoms with E-state index in [0.29, 0.717) is 6.54 Å². The zero-order valence-corrected chi connectivity index (χ0v) is 16.0. The van der Waals surface area contributed by atoms with E-state index < -0.39 is 0 Å². The molecule has 0 saturated carbocycles. The summed E-state index contributed by atoms with van der Waals surface area (Å²) >= 11 is 3.32. The molecule has 0 fully saturated rings. The Morgan fingerprint density at radius 1 is 1.24 bits per heavy atom. The van der Waals surface area contributed by atoms with Gasteiger partial charge in [0.2, 0.25) is 5.91 Å². The molecule has 0 unspecified atom stereocenters. The Kier molecular flexibility index (Phi) is 5.03. The zero-order valence-electron chi connectivity index (χ0n) is 14.5. The normalized spacial score (nSPS) is 10.9. The van der Waals surface area contributed by atoms with E-state index in [-0.39, 0.29) is 12.5 Å². The Morgan fingerprint density at radius 3 is 2.68 bits per heavy atom. The van der Waals surface area contributed by atoms with Crippen LogP contribution in [0.15, 0.2) is 41.1 Å². The number of hydrogen-bond acceptors (Lipinski definition) is 3. The van der Waals surface area contributed by atoms with Crippen LogP contribution in [0.1, 0.15) is 22.5 Å². The molecule has 1 amide bonds. The molecule has 0 atom stereocenters. The van der Waals surface area contributed by atoms with E-state index in [4.69, 9.17) is 0 Å². The zero-order chi connectivity index (χ0) is 18.0. The van der Waals surface area contributed by atoms with Crippen molar-refractivity contribution >= 4 is 27.5 Å². The van der Waals surface area contributed by atoms with E-state index >= 15 is 0 Å². The van der Waals surface area contributed by atoms with E-state index in [1.807, 2.05) is 30.7 Å². The number of aromatic nitrogens is 4. The summed E-state index contributed by atoms with van der Waals surface area (Å²) in [6, 6.07) is 8.24. The Bertz CT molecular complexity index is 912. The van der Waals surface area contributed by atoms with E-state index in [0.717, 1.165) is 21.5 Å². The number of aryl methyl sites for hydroxylation is 2. The number of halogens is 1. The largest absolute Gasteiger partial charge is 0.321 e. The van der Waals surface area contributed by atoms with Gasteiger partial charge in [-0.1, -0.05) is 24.3 Å². The third-order valence-electron chi connectivity index (χ3n) is 4.13. The first kappa shape index (κ1) is 17.4. The molecule has 0 radical (unpaired) electrons. The third kappa shape index (κ3) is 3.99. The number of nitrogens with one attached hydrogen (secondary N) is 1. The van der Waals surface area contributed by atoms with Crippen LogP contribution in [-0.2, 0) is 17.9 Å². The van der Waals surface area contributed by atoms with Gasteiger partial charge in [-0.05, 0) is 47.8 Å². The van der Waals surface area contributed by atoms with Crippen LogP contribution in [0, 0.1) is 20.8 Å². The van der Waals surface area contributed by atoms with Crippen molar-refractivity contribution in [2.24, 2.45) is 0 Å². The molecule has 25 heavy (non-hydrogen) atoms. The number of hydrogen-bond donors (Lipinski definition) is 1. The van der Waals surface area contributed by atoms with Crippen molar-refractivity contribution in [2.75, 3.05) is 5.32 Å². The van der Waals surface area contributed by atoms with Crippen molar-refractivity contribution in [1.82, 2.24) is 19.6 Å². The monoisotopic (exact) mass is 401 g/mol. The molecule has 1 aromatic carbocycles. The van der Waals surface area contributed by atoms with E-state index in [1.165, 1.54) is 11.1 Å². The summed E-state index contributed by atoms with van der Waals surface area (Å²) in [4.78, 5) is 12.3. The first-order valence-corrected chi connectivity index (χ1v) is 8.79. The van der Waals surface area contributed by atoms with Gasteiger partial charge in [-0.2, -0.15) is 10.2 Å². The Labute approximate surface area is 155 Å². The highest BCUT2D eigenvalue weighted by Gasteiger charge is 2.15. The maximum absolute atomic E-state index is 12.3. The molecule has 2 aromatic heterocycles. The highest BCUT2D eigenvalue weighted by Crippen LogP contribution is 2.21. The van der Waals surface area contributed by atoms with Crippen molar-refractivity contribution in [3.8, 4) is 0 Å². The predicted octanol–water partition coefficient (Wildman–Crippen LogP) is 3.45. The van der Waals surface area contributed by atoms with Crippen molar-refractivity contribution in [3.63, 3.8) is 0 Å². The lowest BCUT2D eigenvalue weighted by Crippen LogP contribution is -2.19.